The van der Waals surface area contributed by atoms with Crippen molar-refractivity contribution in [3.63, 3.8) is 0 Å². The summed E-state index contributed by atoms with van der Waals surface area (Å²) in [6.07, 6.45) is 0.829. The summed E-state index contributed by atoms with van der Waals surface area (Å²) < 4.78 is 11.0. The minimum Gasteiger partial charge on any atom is -0.493 e. The predicted molar refractivity (Wildman–Crippen MR) is 94.1 cm³/mol. The monoisotopic (exact) mass is 332 g/mol. The van der Waals surface area contributed by atoms with Crippen LogP contribution in [0.25, 0.3) is 10.9 Å². The number of carbonyl (C=O) groups excluding carboxylic acids is 1. The quantitative estimate of drug-likeness (QED) is 0.882. The van der Waals surface area contributed by atoms with Gasteiger partial charge in [-0.2, -0.15) is 0 Å². The van der Waals surface area contributed by atoms with Gasteiger partial charge in [-0.15, -0.1) is 0 Å². The summed E-state index contributed by atoms with van der Waals surface area (Å²) in [7, 11) is 1.54. The van der Waals surface area contributed by atoms with Gasteiger partial charge < -0.3 is 19.8 Å². The minimum atomic E-state index is -0.459. The zero-order chi connectivity index (χ0) is 17.9. The smallest absolute Gasteiger partial charge is 0.261 e. The van der Waals surface area contributed by atoms with Crippen LogP contribution < -0.4 is 20.3 Å². The summed E-state index contributed by atoms with van der Waals surface area (Å²) in [4.78, 5) is 27.4. The number of aromatic amines is 1. The van der Waals surface area contributed by atoms with E-state index in [9.17, 15) is 9.59 Å². The molecule has 1 aromatic carbocycles. The lowest BCUT2D eigenvalue weighted by Crippen LogP contribution is -2.42. The highest BCUT2D eigenvalue weighted by Gasteiger charge is 2.20. The van der Waals surface area contributed by atoms with Crippen LogP contribution in [0.4, 0.5) is 0 Å². The van der Waals surface area contributed by atoms with Crippen LogP contribution in [0, 0.1) is 0 Å². The molecule has 0 saturated carbocycles. The van der Waals surface area contributed by atoms with E-state index in [0.29, 0.717) is 29.0 Å². The second-order valence-electron chi connectivity index (χ2n) is 6.63. The minimum absolute atomic E-state index is 0.0732. The molecule has 2 aromatic rings. The number of nitrogens with one attached hydrogen (secondary N) is 2. The summed E-state index contributed by atoms with van der Waals surface area (Å²) in [6.45, 7) is 8.09. The van der Waals surface area contributed by atoms with Gasteiger partial charge in [0.2, 0.25) is 0 Å². The Morgan fingerprint density at radius 2 is 2.00 bits per heavy atom. The van der Waals surface area contributed by atoms with Gasteiger partial charge in [0.25, 0.3) is 11.5 Å². The SMILES string of the molecule is CCCOc1c(OC)ccc2cc(C(=O)NC(C)(C)C)c(=O)[nH]c12. The molecule has 24 heavy (non-hydrogen) atoms. The van der Waals surface area contributed by atoms with E-state index in [1.165, 1.54) is 0 Å². The number of aromatic nitrogens is 1. The number of amides is 1. The summed E-state index contributed by atoms with van der Waals surface area (Å²) >= 11 is 0. The number of methoxy groups -OCH3 is 1. The molecule has 0 saturated heterocycles. The Balaban J connectivity index is 2.56. The van der Waals surface area contributed by atoms with Crippen molar-refractivity contribution < 1.29 is 14.3 Å². The number of pyridine rings is 1. The number of hydrogen-bond donors (Lipinski definition) is 2. The summed E-state index contributed by atoms with van der Waals surface area (Å²) in [6, 6.07) is 5.13. The average Bonchev–Trinajstić information content (AvgIpc) is 2.50. The van der Waals surface area contributed by atoms with Crippen LogP contribution in [0.15, 0.2) is 23.0 Å². The third kappa shape index (κ3) is 3.88. The Morgan fingerprint density at radius 1 is 1.29 bits per heavy atom. The van der Waals surface area contributed by atoms with Crippen LogP contribution in [0.1, 0.15) is 44.5 Å². The Morgan fingerprint density at radius 3 is 2.58 bits per heavy atom. The first-order valence-electron chi connectivity index (χ1n) is 7.96. The van der Waals surface area contributed by atoms with E-state index in [1.54, 1.807) is 25.3 Å². The Bertz CT molecular complexity index is 803. The molecule has 2 rings (SSSR count). The predicted octanol–water partition coefficient (Wildman–Crippen LogP) is 2.85. The standard InChI is InChI=1S/C18H24N2O4/c1-6-9-24-15-13(23-5)8-7-11-10-12(16(21)19-14(11)15)17(22)20-18(2,3)4/h7-8,10H,6,9H2,1-5H3,(H,19,21)(H,20,22). The van der Waals surface area contributed by atoms with Crippen molar-refractivity contribution in [2.45, 2.75) is 39.7 Å². The van der Waals surface area contributed by atoms with Crippen molar-refractivity contribution in [1.82, 2.24) is 10.3 Å². The van der Waals surface area contributed by atoms with Crippen molar-refractivity contribution in [3.8, 4) is 11.5 Å². The normalized spacial score (nSPS) is 11.4. The number of rotatable bonds is 5. The molecule has 1 heterocycles. The average molecular weight is 332 g/mol. The van der Waals surface area contributed by atoms with Gasteiger partial charge in [0.05, 0.1) is 19.2 Å². The molecule has 0 aliphatic carbocycles. The van der Waals surface area contributed by atoms with E-state index < -0.39 is 17.0 Å². The van der Waals surface area contributed by atoms with E-state index in [0.717, 1.165) is 6.42 Å². The molecular weight excluding hydrogens is 308 g/mol. The molecule has 0 radical (unpaired) electrons. The third-order valence-electron chi connectivity index (χ3n) is 3.34. The van der Waals surface area contributed by atoms with Crippen LogP contribution >= 0.6 is 0 Å². The molecule has 0 aliphatic heterocycles. The maximum atomic E-state index is 12.4. The van der Waals surface area contributed by atoms with Crippen LogP contribution in [0.2, 0.25) is 0 Å². The molecule has 0 aliphatic rings. The van der Waals surface area contributed by atoms with Crippen LogP contribution in [0.3, 0.4) is 0 Å². The number of benzene rings is 1. The fraction of sp³-hybridized carbons (Fsp3) is 0.444. The Hall–Kier alpha value is -2.50. The molecule has 6 nitrogen and oxygen atoms in total. The highest BCUT2D eigenvalue weighted by Crippen LogP contribution is 2.34. The van der Waals surface area contributed by atoms with E-state index in [4.69, 9.17) is 9.47 Å². The summed E-state index contributed by atoms with van der Waals surface area (Å²) in [5, 5.41) is 3.51. The van der Waals surface area contributed by atoms with E-state index >= 15 is 0 Å². The van der Waals surface area contributed by atoms with Crippen molar-refractivity contribution in [2.24, 2.45) is 0 Å². The number of hydrogen-bond acceptors (Lipinski definition) is 4. The third-order valence-corrected chi connectivity index (χ3v) is 3.34. The first-order valence-corrected chi connectivity index (χ1v) is 7.96. The molecule has 0 bridgehead atoms. The molecule has 130 valence electrons. The van der Waals surface area contributed by atoms with Crippen LogP contribution in [-0.4, -0.2) is 30.1 Å². The van der Waals surface area contributed by atoms with Gasteiger partial charge in [-0.1, -0.05) is 6.92 Å². The summed E-state index contributed by atoms with van der Waals surface area (Å²) in [5.74, 6) is 0.618. The van der Waals surface area contributed by atoms with E-state index in [-0.39, 0.29) is 5.56 Å². The zero-order valence-electron chi connectivity index (χ0n) is 14.8. The highest BCUT2D eigenvalue weighted by molar-refractivity contribution is 5.98. The van der Waals surface area contributed by atoms with Gasteiger partial charge in [0, 0.05) is 10.9 Å². The molecule has 0 spiro atoms. The number of carbonyl (C=O) groups is 1. The Kier molecular flexibility index (Phi) is 5.17. The van der Waals surface area contributed by atoms with Crippen molar-refractivity contribution in [2.75, 3.05) is 13.7 Å². The lowest BCUT2D eigenvalue weighted by atomic mass is 10.1. The van der Waals surface area contributed by atoms with Crippen molar-refractivity contribution in [3.05, 3.63) is 34.1 Å². The highest BCUT2D eigenvalue weighted by atomic mass is 16.5. The maximum absolute atomic E-state index is 12.4. The van der Waals surface area contributed by atoms with Gasteiger partial charge in [-0.25, -0.2) is 0 Å². The first kappa shape index (κ1) is 17.8. The molecule has 1 amide bonds. The van der Waals surface area contributed by atoms with Gasteiger partial charge in [0.1, 0.15) is 5.56 Å². The van der Waals surface area contributed by atoms with Crippen LogP contribution in [-0.2, 0) is 0 Å². The lowest BCUT2D eigenvalue weighted by Gasteiger charge is -2.20. The molecule has 1 aromatic heterocycles. The van der Waals surface area contributed by atoms with Crippen molar-refractivity contribution >= 4 is 16.8 Å². The molecular formula is C18H24N2O4. The van der Waals surface area contributed by atoms with Crippen LogP contribution in [0.5, 0.6) is 11.5 Å². The largest absolute Gasteiger partial charge is 0.493 e. The van der Waals surface area contributed by atoms with Gasteiger partial charge in [0.15, 0.2) is 11.5 Å². The number of ether oxygens (including phenoxy) is 2. The van der Waals surface area contributed by atoms with Gasteiger partial charge in [-0.05, 0) is 45.4 Å². The van der Waals surface area contributed by atoms with E-state index in [1.807, 2.05) is 27.7 Å². The lowest BCUT2D eigenvalue weighted by molar-refractivity contribution is 0.0918. The second-order valence-corrected chi connectivity index (χ2v) is 6.63. The molecule has 6 heteroatoms. The maximum Gasteiger partial charge on any atom is 0.261 e. The van der Waals surface area contributed by atoms with Gasteiger partial charge in [-0.3, -0.25) is 9.59 Å². The molecule has 0 fully saturated rings. The number of H-pyrrole nitrogens is 1. The molecule has 2 N–H and O–H groups in total. The second kappa shape index (κ2) is 6.95. The Labute approximate surface area is 141 Å². The van der Waals surface area contributed by atoms with Gasteiger partial charge >= 0.3 is 0 Å². The fourth-order valence-electron chi connectivity index (χ4n) is 2.31. The summed E-state index contributed by atoms with van der Waals surface area (Å²) in [5.41, 5.74) is -0.281. The number of fused-ring (bicyclic) bond motifs is 1. The fourth-order valence-corrected chi connectivity index (χ4v) is 2.31. The molecule has 0 atom stereocenters. The topological polar surface area (TPSA) is 80.4 Å². The first-order chi connectivity index (χ1) is 11.3. The zero-order valence-corrected chi connectivity index (χ0v) is 14.8. The molecule has 0 unspecified atom stereocenters. The van der Waals surface area contributed by atoms with Crippen molar-refractivity contribution in [1.29, 1.82) is 0 Å². The van der Waals surface area contributed by atoms with E-state index in [2.05, 4.69) is 10.3 Å².